The summed E-state index contributed by atoms with van der Waals surface area (Å²) in [5.74, 6) is 0. The summed E-state index contributed by atoms with van der Waals surface area (Å²) in [7, 11) is 0. The Labute approximate surface area is 94.8 Å². The normalized spacial score (nSPS) is 10.5. The van der Waals surface area contributed by atoms with E-state index in [0.717, 1.165) is 13.1 Å². The monoisotopic (exact) mass is 218 g/mol. The van der Waals surface area contributed by atoms with Gasteiger partial charge in [-0.15, -0.1) is 0 Å². The van der Waals surface area contributed by atoms with E-state index in [1.807, 2.05) is 0 Å². The third-order valence-electron chi connectivity index (χ3n) is 2.46. The highest BCUT2D eigenvalue weighted by molar-refractivity contribution is 7.07. The van der Waals surface area contributed by atoms with Gasteiger partial charge in [0.2, 0.25) is 0 Å². The maximum absolute atomic E-state index is 2.34. The summed E-state index contributed by atoms with van der Waals surface area (Å²) in [5, 5.41) is 6.69. The number of hydrogen-bond acceptors (Lipinski definition) is 1. The third-order valence-corrected chi connectivity index (χ3v) is 3.19. The topological polar surface area (TPSA) is 16.6 Å². The summed E-state index contributed by atoms with van der Waals surface area (Å²) in [6.45, 7) is 4.27. The molecule has 0 aliphatic carbocycles. The lowest BCUT2D eigenvalue weighted by Crippen LogP contribution is -2.80. The van der Waals surface area contributed by atoms with Crippen molar-refractivity contribution >= 4 is 11.3 Å². The van der Waals surface area contributed by atoms with E-state index >= 15 is 0 Å². The van der Waals surface area contributed by atoms with E-state index in [4.69, 9.17) is 0 Å². The lowest BCUT2D eigenvalue weighted by Gasteiger charge is -2.01. The maximum atomic E-state index is 2.34. The van der Waals surface area contributed by atoms with Gasteiger partial charge in [0.05, 0.1) is 0 Å². The van der Waals surface area contributed by atoms with Crippen molar-refractivity contribution in [2.75, 3.05) is 0 Å². The fourth-order valence-corrected chi connectivity index (χ4v) is 2.22. The van der Waals surface area contributed by atoms with Crippen LogP contribution in [0, 0.1) is 6.92 Å². The summed E-state index contributed by atoms with van der Waals surface area (Å²) in [5.41, 5.74) is 4.15. The van der Waals surface area contributed by atoms with Gasteiger partial charge in [-0.3, -0.25) is 0 Å². The first-order valence-electron chi connectivity index (χ1n) is 5.23. The number of rotatable bonds is 4. The molecule has 0 aliphatic rings. The lowest BCUT2D eigenvalue weighted by molar-refractivity contribution is -0.686. The number of hydrogen-bond donors (Lipinski definition) is 1. The fraction of sp³-hybridized carbons (Fsp3) is 0.231. The smallest absolute Gasteiger partial charge is 0.102 e. The molecule has 0 spiro atoms. The van der Waals surface area contributed by atoms with Crippen molar-refractivity contribution in [3.63, 3.8) is 0 Å². The van der Waals surface area contributed by atoms with Crippen LogP contribution in [0.3, 0.4) is 0 Å². The minimum Gasteiger partial charge on any atom is -0.339 e. The zero-order valence-corrected chi connectivity index (χ0v) is 9.76. The zero-order chi connectivity index (χ0) is 10.5. The van der Waals surface area contributed by atoms with Crippen LogP contribution in [0.4, 0.5) is 0 Å². The van der Waals surface area contributed by atoms with Gasteiger partial charge in [-0.2, -0.15) is 11.3 Å². The molecule has 2 rings (SSSR count). The molecule has 0 amide bonds. The summed E-state index contributed by atoms with van der Waals surface area (Å²) >= 11 is 1.77. The molecule has 0 fully saturated rings. The Morgan fingerprint density at radius 1 is 1.00 bits per heavy atom. The quantitative estimate of drug-likeness (QED) is 0.811. The van der Waals surface area contributed by atoms with E-state index in [-0.39, 0.29) is 0 Å². The molecule has 1 aromatic heterocycles. The second-order valence-corrected chi connectivity index (χ2v) is 4.59. The molecule has 1 heterocycles. The highest BCUT2D eigenvalue weighted by Gasteiger charge is 1.97. The number of benzene rings is 1. The van der Waals surface area contributed by atoms with Crippen molar-refractivity contribution in [3.05, 3.63) is 57.8 Å². The Morgan fingerprint density at radius 2 is 1.73 bits per heavy atom. The van der Waals surface area contributed by atoms with Gasteiger partial charge in [0.15, 0.2) is 0 Å². The third kappa shape index (κ3) is 3.18. The lowest BCUT2D eigenvalue weighted by atomic mass is 10.1. The molecule has 0 saturated heterocycles. The van der Waals surface area contributed by atoms with E-state index in [1.165, 1.54) is 16.7 Å². The molecule has 0 radical (unpaired) electrons. The van der Waals surface area contributed by atoms with Crippen LogP contribution in [-0.4, -0.2) is 0 Å². The van der Waals surface area contributed by atoms with Gasteiger partial charge in [0.1, 0.15) is 13.1 Å². The van der Waals surface area contributed by atoms with Crippen molar-refractivity contribution in [2.45, 2.75) is 20.0 Å². The maximum Gasteiger partial charge on any atom is 0.102 e. The van der Waals surface area contributed by atoms with Crippen molar-refractivity contribution in [1.82, 2.24) is 0 Å². The minimum absolute atomic E-state index is 1.07. The fourth-order valence-electron chi connectivity index (χ4n) is 1.54. The van der Waals surface area contributed by atoms with Crippen LogP contribution in [0.5, 0.6) is 0 Å². The Kier molecular flexibility index (Phi) is 3.54. The van der Waals surface area contributed by atoms with Crippen LogP contribution in [0.25, 0.3) is 0 Å². The number of nitrogens with two attached hydrogens (primary N) is 1. The van der Waals surface area contributed by atoms with Gasteiger partial charge in [-0.05, 0) is 23.8 Å². The molecule has 0 aliphatic heterocycles. The van der Waals surface area contributed by atoms with Crippen LogP contribution in [0.15, 0.2) is 41.1 Å². The molecule has 0 unspecified atom stereocenters. The molecule has 78 valence electrons. The van der Waals surface area contributed by atoms with Crippen LogP contribution >= 0.6 is 11.3 Å². The van der Waals surface area contributed by atoms with Crippen molar-refractivity contribution < 1.29 is 5.32 Å². The largest absolute Gasteiger partial charge is 0.339 e. The standard InChI is InChI=1S/C13H15NS/c1-11-2-4-12(5-3-11)8-14-9-13-6-7-15-10-13/h2-7,10,14H,8-9H2,1H3/p+1. The van der Waals surface area contributed by atoms with Gasteiger partial charge >= 0.3 is 0 Å². The van der Waals surface area contributed by atoms with Crippen LogP contribution in [0.2, 0.25) is 0 Å². The first-order valence-corrected chi connectivity index (χ1v) is 6.17. The minimum atomic E-state index is 1.07. The first-order chi connectivity index (χ1) is 7.34. The van der Waals surface area contributed by atoms with Crippen LogP contribution in [0.1, 0.15) is 16.7 Å². The molecule has 1 aromatic carbocycles. The summed E-state index contributed by atoms with van der Waals surface area (Å²) in [6.07, 6.45) is 0. The highest BCUT2D eigenvalue weighted by Crippen LogP contribution is 2.04. The zero-order valence-electron chi connectivity index (χ0n) is 8.94. The summed E-state index contributed by atoms with van der Waals surface area (Å²) in [6, 6.07) is 11.0. The highest BCUT2D eigenvalue weighted by atomic mass is 32.1. The molecular formula is C13H16NS+. The number of quaternary nitrogens is 1. The van der Waals surface area contributed by atoms with Crippen LogP contribution < -0.4 is 5.32 Å². The van der Waals surface area contributed by atoms with Crippen LogP contribution in [-0.2, 0) is 13.1 Å². The van der Waals surface area contributed by atoms with Crippen molar-refractivity contribution in [1.29, 1.82) is 0 Å². The number of thiophene rings is 1. The van der Waals surface area contributed by atoms with E-state index in [2.05, 4.69) is 53.3 Å². The summed E-state index contributed by atoms with van der Waals surface area (Å²) in [4.78, 5) is 0. The predicted molar refractivity (Wildman–Crippen MR) is 64.8 cm³/mol. The molecule has 2 heteroatoms. The molecule has 1 nitrogen and oxygen atoms in total. The Hall–Kier alpha value is -1.12. The van der Waals surface area contributed by atoms with Crippen molar-refractivity contribution in [2.24, 2.45) is 0 Å². The molecule has 15 heavy (non-hydrogen) atoms. The summed E-state index contributed by atoms with van der Waals surface area (Å²) < 4.78 is 0. The average molecular weight is 218 g/mol. The van der Waals surface area contributed by atoms with Gasteiger partial charge in [0.25, 0.3) is 0 Å². The molecule has 0 saturated carbocycles. The predicted octanol–water partition coefficient (Wildman–Crippen LogP) is 2.32. The van der Waals surface area contributed by atoms with E-state index in [9.17, 15) is 0 Å². The van der Waals surface area contributed by atoms with Gasteiger partial charge in [-0.1, -0.05) is 29.8 Å². The molecule has 2 aromatic rings. The van der Waals surface area contributed by atoms with E-state index < -0.39 is 0 Å². The number of aryl methyl sites for hydroxylation is 1. The molecule has 0 atom stereocenters. The van der Waals surface area contributed by atoms with Gasteiger partial charge in [0, 0.05) is 11.1 Å². The second kappa shape index (κ2) is 5.10. The Balaban J connectivity index is 1.81. The van der Waals surface area contributed by atoms with Gasteiger partial charge in [-0.25, -0.2) is 0 Å². The Morgan fingerprint density at radius 3 is 2.40 bits per heavy atom. The van der Waals surface area contributed by atoms with Gasteiger partial charge < -0.3 is 5.32 Å². The molecule has 0 bridgehead atoms. The first kappa shape index (κ1) is 10.4. The van der Waals surface area contributed by atoms with Crippen molar-refractivity contribution in [3.8, 4) is 0 Å². The average Bonchev–Trinajstić information content (AvgIpc) is 2.74. The van der Waals surface area contributed by atoms with E-state index in [0.29, 0.717) is 0 Å². The molecule has 2 N–H and O–H groups in total. The SMILES string of the molecule is Cc1ccc(C[NH2+]Cc2ccsc2)cc1. The molecular weight excluding hydrogens is 202 g/mol. The Bertz CT molecular complexity index is 389. The second-order valence-electron chi connectivity index (χ2n) is 3.81. The van der Waals surface area contributed by atoms with E-state index in [1.54, 1.807) is 11.3 Å².